The second-order valence-electron chi connectivity index (χ2n) is 7.40. The van der Waals surface area contributed by atoms with Crippen LogP contribution in [0.4, 0.5) is 4.39 Å². The van der Waals surface area contributed by atoms with E-state index in [1.165, 1.54) is 21.9 Å². The zero-order chi connectivity index (χ0) is 20.7. The summed E-state index contributed by atoms with van der Waals surface area (Å²) in [5, 5.41) is 10.5. The average molecular weight is 423 g/mol. The van der Waals surface area contributed by atoms with Gasteiger partial charge < -0.3 is 10.3 Å². The Bertz CT molecular complexity index is 1140. The van der Waals surface area contributed by atoms with E-state index in [0.29, 0.717) is 17.3 Å². The van der Waals surface area contributed by atoms with Gasteiger partial charge in [0, 0.05) is 30.5 Å². The van der Waals surface area contributed by atoms with Gasteiger partial charge in [0.2, 0.25) is 0 Å². The standard InChI is InChI=1S/C22H20ClFN6/c1-15-22(30(27-26-15)21-7-6-18(23)10-20(21)24)14-29-9-8-19(11-25-29)28-12-16-4-2-3-5-17(16)13-28/h2-11,25H,12-14H2,1H3. The molecule has 0 spiro atoms. The highest BCUT2D eigenvalue weighted by molar-refractivity contribution is 6.30. The fraction of sp³-hybridized carbons (Fsp3) is 0.182. The summed E-state index contributed by atoms with van der Waals surface area (Å²) in [5.41, 5.74) is 9.00. The highest BCUT2D eigenvalue weighted by Gasteiger charge is 2.22. The maximum atomic E-state index is 14.4. The second kappa shape index (κ2) is 7.50. The number of hydrazine groups is 1. The predicted molar refractivity (Wildman–Crippen MR) is 113 cm³/mol. The monoisotopic (exact) mass is 422 g/mol. The lowest BCUT2D eigenvalue weighted by Gasteiger charge is -2.28. The Morgan fingerprint density at radius 3 is 2.57 bits per heavy atom. The van der Waals surface area contributed by atoms with Crippen LogP contribution in [0, 0.1) is 12.7 Å². The van der Waals surface area contributed by atoms with Crippen LogP contribution >= 0.6 is 11.6 Å². The van der Waals surface area contributed by atoms with Crippen LogP contribution in [0.2, 0.25) is 5.02 Å². The molecule has 3 aromatic rings. The van der Waals surface area contributed by atoms with Gasteiger partial charge in [-0.1, -0.05) is 41.1 Å². The van der Waals surface area contributed by atoms with E-state index in [0.717, 1.165) is 30.2 Å². The summed E-state index contributed by atoms with van der Waals surface area (Å²) in [6.45, 7) is 4.14. The number of hydrogen-bond acceptors (Lipinski definition) is 5. The number of aryl methyl sites for hydroxylation is 1. The van der Waals surface area contributed by atoms with Crippen LogP contribution in [0.1, 0.15) is 22.5 Å². The molecule has 0 bridgehead atoms. The van der Waals surface area contributed by atoms with Gasteiger partial charge in [-0.15, -0.1) is 5.10 Å². The predicted octanol–water partition coefficient (Wildman–Crippen LogP) is 4.06. The van der Waals surface area contributed by atoms with Crippen molar-refractivity contribution >= 4 is 11.6 Å². The Morgan fingerprint density at radius 1 is 1.13 bits per heavy atom. The molecule has 0 amide bonds. The molecule has 30 heavy (non-hydrogen) atoms. The molecular formula is C22H20ClFN6. The Labute approximate surface area is 178 Å². The van der Waals surface area contributed by atoms with E-state index in [-0.39, 0.29) is 0 Å². The molecule has 0 fully saturated rings. The average Bonchev–Trinajstić information content (AvgIpc) is 3.33. The van der Waals surface area contributed by atoms with Crippen molar-refractivity contribution in [1.29, 1.82) is 0 Å². The van der Waals surface area contributed by atoms with E-state index in [1.807, 2.05) is 24.3 Å². The molecule has 2 aliphatic rings. The van der Waals surface area contributed by atoms with E-state index in [4.69, 9.17) is 11.6 Å². The molecule has 1 aromatic heterocycles. The summed E-state index contributed by atoms with van der Waals surface area (Å²) < 4.78 is 15.9. The molecule has 0 saturated carbocycles. The molecule has 2 aromatic carbocycles. The lowest BCUT2D eigenvalue weighted by Crippen LogP contribution is -2.34. The van der Waals surface area contributed by atoms with E-state index in [1.54, 1.807) is 12.1 Å². The third kappa shape index (κ3) is 3.41. The molecule has 3 heterocycles. The van der Waals surface area contributed by atoms with Crippen molar-refractivity contribution in [2.45, 2.75) is 26.6 Å². The minimum absolute atomic E-state index is 0.321. The van der Waals surface area contributed by atoms with Crippen molar-refractivity contribution in [3.05, 3.63) is 100.0 Å². The molecule has 0 radical (unpaired) electrons. The van der Waals surface area contributed by atoms with Crippen molar-refractivity contribution in [1.82, 2.24) is 30.3 Å². The number of nitrogens with zero attached hydrogens (tertiary/aromatic N) is 5. The second-order valence-corrected chi connectivity index (χ2v) is 7.83. The fourth-order valence-corrected chi connectivity index (χ4v) is 3.94. The molecule has 8 heteroatoms. The minimum atomic E-state index is -0.438. The first-order valence-electron chi connectivity index (χ1n) is 9.68. The van der Waals surface area contributed by atoms with Crippen LogP contribution in [0.5, 0.6) is 0 Å². The Morgan fingerprint density at radius 2 is 1.90 bits per heavy atom. The molecule has 0 aliphatic carbocycles. The van der Waals surface area contributed by atoms with E-state index < -0.39 is 5.82 Å². The first-order chi connectivity index (χ1) is 14.6. The zero-order valence-electron chi connectivity index (χ0n) is 16.4. The molecule has 0 atom stereocenters. The van der Waals surface area contributed by atoms with Crippen LogP contribution in [0.3, 0.4) is 0 Å². The first kappa shape index (κ1) is 18.7. The van der Waals surface area contributed by atoms with Crippen LogP contribution < -0.4 is 5.43 Å². The number of fused-ring (bicyclic) bond motifs is 1. The minimum Gasteiger partial charge on any atom is -0.362 e. The summed E-state index contributed by atoms with van der Waals surface area (Å²) >= 11 is 5.88. The summed E-state index contributed by atoms with van der Waals surface area (Å²) in [7, 11) is 0. The number of benzene rings is 2. The van der Waals surface area contributed by atoms with E-state index in [2.05, 4.69) is 51.0 Å². The van der Waals surface area contributed by atoms with Gasteiger partial charge in [0.1, 0.15) is 11.5 Å². The number of nitrogens with one attached hydrogen (secondary N) is 1. The summed E-state index contributed by atoms with van der Waals surface area (Å²) in [6.07, 6.45) is 6.04. The van der Waals surface area contributed by atoms with Gasteiger partial charge in [-0.3, -0.25) is 5.01 Å². The van der Waals surface area contributed by atoms with Gasteiger partial charge >= 0.3 is 0 Å². The molecule has 0 saturated heterocycles. The largest absolute Gasteiger partial charge is 0.362 e. The van der Waals surface area contributed by atoms with Gasteiger partial charge in [0.05, 0.1) is 23.6 Å². The maximum Gasteiger partial charge on any atom is 0.150 e. The van der Waals surface area contributed by atoms with Crippen molar-refractivity contribution in [3.8, 4) is 5.69 Å². The lowest BCUT2D eigenvalue weighted by molar-refractivity contribution is 0.279. The normalized spacial score (nSPS) is 15.2. The summed E-state index contributed by atoms with van der Waals surface area (Å²) in [6, 6.07) is 13.0. The van der Waals surface area contributed by atoms with Crippen LogP contribution in [-0.2, 0) is 19.6 Å². The van der Waals surface area contributed by atoms with Crippen LogP contribution in [-0.4, -0.2) is 24.9 Å². The van der Waals surface area contributed by atoms with Gasteiger partial charge in [-0.25, -0.2) is 9.07 Å². The third-order valence-electron chi connectivity index (χ3n) is 5.42. The summed E-state index contributed by atoms with van der Waals surface area (Å²) in [5.74, 6) is -0.438. The third-order valence-corrected chi connectivity index (χ3v) is 5.66. The quantitative estimate of drug-likeness (QED) is 0.687. The number of allylic oxidation sites excluding steroid dienone is 1. The van der Waals surface area contributed by atoms with Crippen LogP contribution in [0.15, 0.2) is 66.6 Å². The number of rotatable bonds is 4. The van der Waals surface area contributed by atoms with Gasteiger partial charge in [0.25, 0.3) is 0 Å². The van der Waals surface area contributed by atoms with Crippen molar-refractivity contribution < 1.29 is 4.39 Å². The molecule has 1 N–H and O–H groups in total. The van der Waals surface area contributed by atoms with Crippen molar-refractivity contribution in [2.75, 3.05) is 0 Å². The number of hydrogen-bond donors (Lipinski definition) is 1. The van der Waals surface area contributed by atoms with Gasteiger partial charge in [-0.05, 0) is 42.3 Å². The zero-order valence-corrected chi connectivity index (χ0v) is 17.1. The molecule has 5 rings (SSSR count). The highest BCUT2D eigenvalue weighted by atomic mass is 35.5. The van der Waals surface area contributed by atoms with Crippen molar-refractivity contribution in [3.63, 3.8) is 0 Å². The molecular weight excluding hydrogens is 403 g/mol. The first-order valence-corrected chi connectivity index (χ1v) is 10.1. The maximum absolute atomic E-state index is 14.4. The molecule has 0 unspecified atom stereocenters. The Balaban J connectivity index is 1.31. The van der Waals surface area contributed by atoms with E-state index >= 15 is 0 Å². The lowest BCUT2D eigenvalue weighted by atomic mass is 10.1. The smallest absolute Gasteiger partial charge is 0.150 e. The number of halogens is 2. The van der Waals surface area contributed by atoms with Crippen LogP contribution in [0.25, 0.3) is 5.69 Å². The molecule has 152 valence electrons. The number of aromatic nitrogens is 3. The molecule has 6 nitrogen and oxygen atoms in total. The Kier molecular flexibility index (Phi) is 4.67. The fourth-order valence-electron chi connectivity index (χ4n) is 3.78. The van der Waals surface area contributed by atoms with E-state index in [9.17, 15) is 4.39 Å². The SMILES string of the molecule is Cc1nnn(-c2ccc(Cl)cc2F)c1CN1C=CC(N2Cc3ccccc3C2)=CN1. The van der Waals surface area contributed by atoms with Crippen molar-refractivity contribution in [2.24, 2.45) is 0 Å². The molecule has 2 aliphatic heterocycles. The topological polar surface area (TPSA) is 49.2 Å². The highest BCUT2D eigenvalue weighted by Crippen LogP contribution is 2.27. The summed E-state index contributed by atoms with van der Waals surface area (Å²) in [4.78, 5) is 2.33. The Hall–Kier alpha value is -3.32. The van der Waals surface area contributed by atoms with Gasteiger partial charge in [0.15, 0.2) is 0 Å². The van der Waals surface area contributed by atoms with Gasteiger partial charge in [-0.2, -0.15) is 0 Å².